The van der Waals surface area contributed by atoms with Gasteiger partial charge in [0.25, 0.3) is 0 Å². The number of esters is 1. The molecule has 1 aromatic carbocycles. The number of carbonyl (C=O) groups is 1. The molecule has 3 nitrogen and oxygen atoms in total. The number of methoxy groups -OCH3 is 1. The van der Waals surface area contributed by atoms with E-state index in [-0.39, 0.29) is 0 Å². The summed E-state index contributed by atoms with van der Waals surface area (Å²) in [5, 5.41) is 0. The maximum atomic E-state index is 13.4. The van der Waals surface area contributed by atoms with Gasteiger partial charge in [-0.2, -0.15) is 4.39 Å². The van der Waals surface area contributed by atoms with Gasteiger partial charge in [-0.1, -0.05) is 11.6 Å². The standard InChI is InChI=1S/C9H6ClF3O3/c1-15-8-6(12)4(9(14)16-3-10)2-5(11)7(8)13/h2H,3H2,1H3. The molecule has 0 aliphatic rings. The second kappa shape index (κ2) is 5.07. The van der Waals surface area contributed by atoms with Crippen LogP contribution in [0.15, 0.2) is 6.07 Å². The van der Waals surface area contributed by atoms with E-state index < -0.39 is 40.8 Å². The van der Waals surface area contributed by atoms with Crippen molar-refractivity contribution in [2.45, 2.75) is 0 Å². The Hall–Kier alpha value is -1.43. The van der Waals surface area contributed by atoms with E-state index in [4.69, 9.17) is 11.6 Å². The predicted octanol–water partition coefficient (Wildman–Crippen LogP) is 2.47. The van der Waals surface area contributed by atoms with Crippen molar-refractivity contribution in [2.24, 2.45) is 0 Å². The predicted molar refractivity (Wildman–Crippen MR) is 49.0 cm³/mol. The van der Waals surface area contributed by atoms with Gasteiger partial charge in [0.1, 0.15) is 5.56 Å². The van der Waals surface area contributed by atoms with Crippen LogP contribution in [0.25, 0.3) is 0 Å². The van der Waals surface area contributed by atoms with Crippen molar-refractivity contribution < 1.29 is 27.4 Å². The van der Waals surface area contributed by atoms with Gasteiger partial charge < -0.3 is 9.47 Å². The first-order valence-electron chi connectivity index (χ1n) is 3.97. The van der Waals surface area contributed by atoms with Gasteiger partial charge in [0, 0.05) is 0 Å². The molecule has 0 aliphatic heterocycles. The largest absolute Gasteiger partial charge is 0.491 e. The van der Waals surface area contributed by atoms with Gasteiger partial charge in [0.2, 0.25) is 5.82 Å². The Morgan fingerprint density at radius 2 is 2.00 bits per heavy atom. The maximum absolute atomic E-state index is 13.4. The molecule has 88 valence electrons. The summed E-state index contributed by atoms with van der Waals surface area (Å²) in [4.78, 5) is 11.1. The topological polar surface area (TPSA) is 35.5 Å². The molecule has 0 unspecified atom stereocenters. The van der Waals surface area contributed by atoms with Gasteiger partial charge >= 0.3 is 5.97 Å². The van der Waals surface area contributed by atoms with Gasteiger partial charge in [-0.3, -0.25) is 0 Å². The van der Waals surface area contributed by atoms with Crippen LogP contribution in [0.2, 0.25) is 0 Å². The SMILES string of the molecule is COc1c(F)c(F)cc(C(=O)OCCl)c1F. The second-order valence-corrected chi connectivity index (χ2v) is 2.83. The molecule has 0 heterocycles. The summed E-state index contributed by atoms with van der Waals surface area (Å²) in [7, 11) is 0.942. The molecule has 1 rings (SSSR count). The van der Waals surface area contributed by atoms with E-state index in [1.807, 2.05) is 0 Å². The van der Waals surface area contributed by atoms with Gasteiger partial charge in [0.15, 0.2) is 23.5 Å². The lowest BCUT2D eigenvalue weighted by atomic mass is 10.2. The Balaban J connectivity index is 3.31. The fourth-order valence-electron chi connectivity index (χ4n) is 1.04. The van der Waals surface area contributed by atoms with Crippen LogP contribution in [0.4, 0.5) is 13.2 Å². The molecule has 0 amide bonds. The van der Waals surface area contributed by atoms with Gasteiger partial charge in [-0.05, 0) is 6.07 Å². The molecule has 0 fully saturated rings. The summed E-state index contributed by atoms with van der Waals surface area (Å²) in [5.74, 6) is -6.45. The molecule has 16 heavy (non-hydrogen) atoms. The molecule has 0 radical (unpaired) electrons. The number of ether oxygens (including phenoxy) is 2. The van der Waals surface area contributed by atoms with Crippen LogP contribution >= 0.6 is 11.6 Å². The average Bonchev–Trinajstić information content (AvgIpc) is 2.24. The average molecular weight is 255 g/mol. The van der Waals surface area contributed by atoms with Crippen molar-refractivity contribution >= 4 is 17.6 Å². The number of carbonyl (C=O) groups excluding carboxylic acids is 1. The highest BCUT2D eigenvalue weighted by Gasteiger charge is 2.24. The Kier molecular flexibility index (Phi) is 4.00. The van der Waals surface area contributed by atoms with Crippen molar-refractivity contribution in [1.82, 2.24) is 0 Å². The quantitative estimate of drug-likeness (QED) is 0.472. The number of halogens is 4. The summed E-state index contributed by atoms with van der Waals surface area (Å²) in [6.45, 7) is 0. The second-order valence-electron chi connectivity index (χ2n) is 2.61. The molecule has 0 saturated carbocycles. The van der Waals surface area contributed by atoms with Crippen molar-refractivity contribution in [3.63, 3.8) is 0 Å². The number of benzene rings is 1. The Bertz CT molecular complexity index is 423. The van der Waals surface area contributed by atoms with Gasteiger partial charge in [-0.25, -0.2) is 13.6 Å². The first kappa shape index (κ1) is 12.6. The molecule has 0 N–H and O–H groups in total. The van der Waals surface area contributed by atoms with E-state index in [2.05, 4.69) is 9.47 Å². The molecule has 0 bridgehead atoms. The zero-order chi connectivity index (χ0) is 12.3. The first-order valence-corrected chi connectivity index (χ1v) is 4.51. The number of hydrogen-bond acceptors (Lipinski definition) is 3. The summed E-state index contributed by atoms with van der Waals surface area (Å²) in [5.41, 5.74) is -0.781. The number of rotatable bonds is 3. The van der Waals surface area contributed by atoms with E-state index in [1.165, 1.54) is 0 Å². The molecule has 0 atom stereocenters. The molecular weight excluding hydrogens is 249 g/mol. The smallest absolute Gasteiger partial charge is 0.342 e. The lowest BCUT2D eigenvalue weighted by molar-refractivity contribution is 0.0567. The molecule has 1 aromatic rings. The molecule has 7 heteroatoms. The Morgan fingerprint density at radius 3 is 2.50 bits per heavy atom. The highest BCUT2D eigenvalue weighted by molar-refractivity contribution is 6.17. The zero-order valence-corrected chi connectivity index (χ0v) is 8.78. The van der Waals surface area contributed by atoms with Crippen LogP contribution in [0.5, 0.6) is 5.75 Å². The third-order valence-electron chi connectivity index (χ3n) is 1.73. The molecule has 0 spiro atoms. The zero-order valence-electron chi connectivity index (χ0n) is 8.02. The lowest BCUT2D eigenvalue weighted by Gasteiger charge is -2.08. The minimum atomic E-state index is -1.51. The fraction of sp³-hybridized carbons (Fsp3) is 0.222. The van der Waals surface area contributed by atoms with E-state index in [0.29, 0.717) is 6.07 Å². The highest BCUT2D eigenvalue weighted by Crippen LogP contribution is 2.27. The highest BCUT2D eigenvalue weighted by atomic mass is 35.5. The van der Waals surface area contributed by atoms with Gasteiger partial charge in [0.05, 0.1) is 7.11 Å². The Morgan fingerprint density at radius 1 is 1.38 bits per heavy atom. The van der Waals surface area contributed by atoms with E-state index >= 15 is 0 Å². The monoisotopic (exact) mass is 254 g/mol. The Labute approximate surface area is 93.7 Å². The fourth-order valence-corrected chi connectivity index (χ4v) is 1.13. The van der Waals surface area contributed by atoms with E-state index in [1.54, 1.807) is 0 Å². The minimum Gasteiger partial charge on any atom is -0.491 e. The summed E-state index contributed by atoms with van der Waals surface area (Å²) < 4.78 is 47.9. The summed E-state index contributed by atoms with van der Waals surface area (Å²) in [6.07, 6.45) is 0. The van der Waals surface area contributed by atoms with Crippen molar-refractivity contribution in [3.8, 4) is 5.75 Å². The number of alkyl halides is 1. The van der Waals surface area contributed by atoms with Crippen molar-refractivity contribution in [3.05, 3.63) is 29.1 Å². The minimum absolute atomic E-state index is 0.377. The number of hydrogen-bond donors (Lipinski definition) is 0. The molecular formula is C9H6ClF3O3. The van der Waals surface area contributed by atoms with Crippen molar-refractivity contribution in [1.29, 1.82) is 0 Å². The molecule has 0 saturated heterocycles. The first-order chi connectivity index (χ1) is 7.52. The van der Waals surface area contributed by atoms with Crippen LogP contribution in [0.3, 0.4) is 0 Å². The van der Waals surface area contributed by atoms with Crippen LogP contribution < -0.4 is 4.74 Å². The third kappa shape index (κ3) is 2.21. The van der Waals surface area contributed by atoms with E-state index in [0.717, 1.165) is 7.11 Å². The summed E-state index contributed by atoms with van der Waals surface area (Å²) in [6, 6.07) is -0.151. The maximum Gasteiger partial charge on any atom is 0.342 e. The van der Waals surface area contributed by atoms with Crippen LogP contribution in [0, 0.1) is 17.5 Å². The summed E-state index contributed by atoms with van der Waals surface area (Å²) >= 11 is 5.08. The van der Waals surface area contributed by atoms with Crippen LogP contribution in [-0.4, -0.2) is 19.1 Å². The van der Waals surface area contributed by atoms with Crippen molar-refractivity contribution in [2.75, 3.05) is 13.2 Å². The lowest BCUT2D eigenvalue weighted by Crippen LogP contribution is -2.10. The van der Waals surface area contributed by atoms with Crippen LogP contribution in [0.1, 0.15) is 10.4 Å². The normalized spacial score (nSPS) is 10.1. The molecule has 0 aliphatic carbocycles. The van der Waals surface area contributed by atoms with Crippen LogP contribution in [-0.2, 0) is 4.74 Å². The third-order valence-corrected chi connectivity index (χ3v) is 1.83. The molecule has 0 aromatic heterocycles. The van der Waals surface area contributed by atoms with E-state index in [9.17, 15) is 18.0 Å². The van der Waals surface area contributed by atoms with Gasteiger partial charge in [-0.15, -0.1) is 0 Å².